The van der Waals surface area contributed by atoms with Gasteiger partial charge in [-0.3, -0.25) is 9.36 Å². The smallest absolute Gasteiger partial charge is 0.103 e. The third-order valence-corrected chi connectivity index (χ3v) is 3.63. The fourth-order valence-corrected chi connectivity index (χ4v) is 2.46. The summed E-state index contributed by atoms with van der Waals surface area (Å²) < 4.78 is 3.70. The summed E-state index contributed by atoms with van der Waals surface area (Å²) >= 11 is 4.50. The molecule has 0 bridgehead atoms. The number of hydrogen-bond acceptors (Lipinski definition) is 3. The van der Waals surface area contributed by atoms with E-state index in [0.717, 1.165) is 22.2 Å². The normalized spacial score (nSPS) is 13.1. The molecule has 0 amide bonds. The summed E-state index contributed by atoms with van der Waals surface area (Å²) in [6.45, 7) is 2.07. The molecule has 2 aromatic heterocycles. The lowest BCUT2D eigenvalue weighted by Gasteiger charge is -2.04. The molecule has 1 aromatic carbocycles. The average molecular weight is 272 g/mol. The van der Waals surface area contributed by atoms with Gasteiger partial charge in [-0.05, 0) is 24.6 Å². The van der Waals surface area contributed by atoms with Crippen LogP contribution in [0.1, 0.15) is 17.7 Å². The third-order valence-electron chi connectivity index (χ3n) is 3.34. The van der Waals surface area contributed by atoms with Gasteiger partial charge in [0.25, 0.3) is 0 Å². The molecule has 1 unspecified atom stereocenters. The van der Waals surface area contributed by atoms with Crippen LogP contribution in [0.4, 0.5) is 0 Å². The molecule has 3 rings (SSSR count). The molecule has 0 fully saturated rings. The van der Waals surface area contributed by atoms with Crippen molar-refractivity contribution in [3.63, 3.8) is 0 Å². The lowest BCUT2D eigenvalue weighted by Crippen LogP contribution is -1.89. The van der Waals surface area contributed by atoms with Crippen molar-refractivity contribution in [2.45, 2.75) is 12.2 Å². The predicted octanol–water partition coefficient (Wildman–Crippen LogP) is 2.96. The van der Waals surface area contributed by atoms with Crippen molar-refractivity contribution in [1.82, 2.24) is 19.6 Å². The second-order valence-electron chi connectivity index (χ2n) is 4.83. The maximum Gasteiger partial charge on any atom is 0.103 e. The number of aromatic nitrogens is 4. The van der Waals surface area contributed by atoms with Crippen LogP contribution in [0.5, 0.6) is 0 Å². The first-order valence-corrected chi connectivity index (χ1v) is 6.71. The molecule has 3 aromatic rings. The number of benzene rings is 1. The van der Waals surface area contributed by atoms with Crippen molar-refractivity contribution < 1.29 is 0 Å². The monoisotopic (exact) mass is 272 g/mol. The summed E-state index contributed by atoms with van der Waals surface area (Å²) in [6.07, 6.45) is 3.83. The van der Waals surface area contributed by atoms with Gasteiger partial charge in [0.15, 0.2) is 0 Å². The molecule has 0 saturated carbocycles. The molecule has 0 aliphatic heterocycles. The summed E-state index contributed by atoms with van der Waals surface area (Å²) in [6, 6.07) is 6.38. The Balaban J connectivity index is 2.26. The van der Waals surface area contributed by atoms with E-state index in [4.69, 9.17) is 0 Å². The van der Waals surface area contributed by atoms with Crippen LogP contribution in [-0.4, -0.2) is 19.6 Å². The van der Waals surface area contributed by atoms with E-state index in [-0.39, 0.29) is 5.25 Å². The molecule has 1 atom stereocenters. The number of hydrogen-bond donors (Lipinski definition) is 1. The van der Waals surface area contributed by atoms with E-state index in [0.29, 0.717) is 0 Å². The van der Waals surface area contributed by atoms with E-state index in [2.05, 4.69) is 47.9 Å². The second-order valence-corrected chi connectivity index (χ2v) is 5.60. The van der Waals surface area contributed by atoms with E-state index in [9.17, 15) is 0 Å². The Bertz CT molecular complexity index is 739. The quantitative estimate of drug-likeness (QED) is 0.728. The summed E-state index contributed by atoms with van der Waals surface area (Å²) in [7, 11) is 3.88. The Labute approximate surface area is 117 Å². The molecule has 4 nitrogen and oxygen atoms in total. The summed E-state index contributed by atoms with van der Waals surface area (Å²) in [5.41, 5.74) is 4.34. The highest BCUT2D eigenvalue weighted by Gasteiger charge is 2.13. The van der Waals surface area contributed by atoms with Crippen LogP contribution < -0.4 is 0 Å². The van der Waals surface area contributed by atoms with E-state index >= 15 is 0 Å². The lowest BCUT2D eigenvalue weighted by molar-refractivity contribution is 0.767. The van der Waals surface area contributed by atoms with Gasteiger partial charge in [0.2, 0.25) is 0 Å². The zero-order valence-corrected chi connectivity index (χ0v) is 12.1. The van der Waals surface area contributed by atoms with E-state index in [1.54, 1.807) is 4.68 Å². The molecular weight excluding hydrogens is 256 g/mol. The zero-order valence-electron chi connectivity index (χ0n) is 11.2. The fraction of sp³-hybridized carbons (Fsp3) is 0.286. The highest BCUT2D eigenvalue weighted by atomic mass is 32.1. The molecule has 0 aliphatic rings. The van der Waals surface area contributed by atoms with Gasteiger partial charge in [0.05, 0.1) is 11.7 Å². The Kier molecular flexibility index (Phi) is 2.86. The van der Waals surface area contributed by atoms with Gasteiger partial charge in [-0.1, -0.05) is 6.07 Å². The van der Waals surface area contributed by atoms with Crippen molar-refractivity contribution in [3.05, 3.63) is 36.2 Å². The number of rotatable bonds is 2. The third kappa shape index (κ3) is 2.04. The van der Waals surface area contributed by atoms with E-state index < -0.39 is 0 Å². The van der Waals surface area contributed by atoms with Crippen molar-refractivity contribution in [3.8, 4) is 11.3 Å². The molecule has 19 heavy (non-hydrogen) atoms. The Morgan fingerprint density at radius 1 is 1.26 bits per heavy atom. The highest BCUT2D eigenvalue weighted by molar-refractivity contribution is 7.80. The van der Waals surface area contributed by atoms with Crippen molar-refractivity contribution in [1.29, 1.82) is 0 Å². The summed E-state index contributed by atoms with van der Waals surface area (Å²) in [5.74, 6) is 0. The van der Waals surface area contributed by atoms with Crippen LogP contribution in [0.25, 0.3) is 22.2 Å². The van der Waals surface area contributed by atoms with Crippen LogP contribution >= 0.6 is 12.6 Å². The molecule has 0 spiro atoms. The number of aryl methyl sites for hydroxylation is 2. The first kappa shape index (κ1) is 12.3. The first-order valence-electron chi connectivity index (χ1n) is 6.20. The molecule has 2 heterocycles. The SMILES string of the molecule is CC(S)c1ccc2c(c1)c(-c1cnn(C)c1)nn2C. The van der Waals surface area contributed by atoms with Gasteiger partial charge in [-0.25, -0.2) is 0 Å². The Morgan fingerprint density at radius 2 is 2.05 bits per heavy atom. The van der Waals surface area contributed by atoms with Gasteiger partial charge >= 0.3 is 0 Å². The first-order chi connectivity index (χ1) is 9.06. The fourth-order valence-electron chi connectivity index (χ4n) is 2.30. The topological polar surface area (TPSA) is 35.6 Å². The minimum absolute atomic E-state index is 0.214. The molecular formula is C14H16N4S. The number of nitrogens with zero attached hydrogens (tertiary/aromatic N) is 4. The predicted molar refractivity (Wildman–Crippen MR) is 80.3 cm³/mol. The number of thiol groups is 1. The molecule has 0 N–H and O–H groups in total. The maximum absolute atomic E-state index is 4.61. The van der Waals surface area contributed by atoms with Gasteiger partial charge in [-0.2, -0.15) is 22.8 Å². The molecule has 0 radical (unpaired) electrons. The van der Waals surface area contributed by atoms with Crippen LogP contribution in [0, 0.1) is 0 Å². The zero-order chi connectivity index (χ0) is 13.6. The van der Waals surface area contributed by atoms with Crippen LogP contribution in [0.15, 0.2) is 30.6 Å². The van der Waals surface area contributed by atoms with Crippen LogP contribution in [-0.2, 0) is 14.1 Å². The van der Waals surface area contributed by atoms with Gasteiger partial charge in [-0.15, -0.1) is 0 Å². The molecule has 0 saturated heterocycles. The van der Waals surface area contributed by atoms with Crippen molar-refractivity contribution in [2.24, 2.45) is 14.1 Å². The molecule has 98 valence electrons. The standard InChI is InChI=1S/C14H16N4S/c1-9(19)10-4-5-13-12(6-10)14(16-18(13)3)11-7-15-17(2)8-11/h4-9,19H,1-3H3. The largest absolute Gasteiger partial charge is 0.275 e. The summed E-state index contributed by atoms with van der Waals surface area (Å²) in [4.78, 5) is 0. The Morgan fingerprint density at radius 3 is 2.68 bits per heavy atom. The lowest BCUT2D eigenvalue weighted by atomic mass is 10.1. The Hall–Kier alpha value is -1.75. The minimum Gasteiger partial charge on any atom is -0.275 e. The van der Waals surface area contributed by atoms with E-state index in [1.807, 2.05) is 31.2 Å². The van der Waals surface area contributed by atoms with Crippen molar-refractivity contribution >= 4 is 23.5 Å². The number of fused-ring (bicyclic) bond motifs is 1. The maximum atomic E-state index is 4.61. The van der Waals surface area contributed by atoms with Crippen LogP contribution in [0.2, 0.25) is 0 Å². The van der Waals surface area contributed by atoms with Gasteiger partial charge < -0.3 is 0 Å². The summed E-state index contributed by atoms with van der Waals surface area (Å²) in [5, 5.41) is 10.2. The minimum atomic E-state index is 0.214. The second kappa shape index (κ2) is 4.42. The van der Waals surface area contributed by atoms with Gasteiger partial charge in [0.1, 0.15) is 5.69 Å². The van der Waals surface area contributed by atoms with E-state index in [1.165, 1.54) is 5.56 Å². The molecule has 5 heteroatoms. The van der Waals surface area contributed by atoms with Crippen LogP contribution in [0.3, 0.4) is 0 Å². The average Bonchev–Trinajstić information content (AvgIpc) is 2.93. The molecule has 0 aliphatic carbocycles. The highest BCUT2D eigenvalue weighted by Crippen LogP contribution is 2.30. The van der Waals surface area contributed by atoms with Crippen molar-refractivity contribution in [2.75, 3.05) is 0 Å². The van der Waals surface area contributed by atoms with Gasteiger partial charge in [0, 0.05) is 36.5 Å².